The second-order valence-corrected chi connectivity index (χ2v) is 7.81. The summed E-state index contributed by atoms with van der Waals surface area (Å²) in [6.45, 7) is 4.20. The molecule has 1 heterocycles. The molecule has 0 aliphatic carbocycles. The molecule has 3 aromatic rings. The molecule has 0 atom stereocenters. The van der Waals surface area contributed by atoms with Crippen LogP contribution >= 0.6 is 23.5 Å². The number of carbonyl (C=O) groups excluding carboxylic acids is 1. The molecule has 0 saturated heterocycles. The Balaban J connectivity index is 1.56. The fourth-order valence-corrected chi connectivity index (χ4v) is 3.85. The second-order valence-electron chi connectivity index (χ2n) is 5.75. The van der Waals surface area contributed by atoms with Crippen LogP contribution in [0.3, 0.4) is 0 Å². The van der Waals surface area contributed by atoms with Crippen molar-refractivity contribution < 1.29 is 4.79 Å². The molecule has 26 heavy (non-hydrogen) atoms. The number of nitrogens with zero attached hydrogens (tertiary/aromatic N) is 3. The first-order valence-corrected chi connectivity index (χ1v) is 9.74. The number of amides is 1. The summed E-state index contributed by atoms with van der Waals surface area (Å²) in [6, 6.07) is 14.2. The van der Waals surface area contributed by atoms with E-state index < -0.39 is 0 Å². The summed E-state index contributed by atoms with van der Waals surface area (Å²) in [6.07, 6.45) is 1.40. The maximum absolute atomic E-state index is 12.0. The number of nitrogen functional groups attached to an aromatic ring is 1. The molecule has 1 amide bonds. The molecule has 0 aliphatic rings. The van der Waals surface area contributed by atoms with E-state index in [1.165, 1.54) is 38.8 Å². The van der Waals surface area contributed by atoms with Gasteiger partial charge in [-0.2, -0.15) is 0 Å². The Morgan fingerprint density at radius 2 is 1.96 bits per heavy atom. The van der Waals surface area contributed by atoms with Crippen molar-refractivity contribution in [1.82, 2.24) is 14.9 Å². The number of hydrogen-bond donors (Lipinski definition) is 2. The highest BCUT2D eigenvalue weighted by Crippen LogP contribution is 2.31. The maximum atomic E-state index is 12.0. The van der Waals surface area contributed by atoms with Crippen molar-refractivity contribution in [3.63, 3.8) is 0 Å². The average Bonchev–Trinajstić information content (AvgIpc) is 3.03. The highest BCUT2D eigenvalue weighted by Gasteiger charge is 2.08. The van der Waals surface area contributed by atoms with E-state index in [0.29, 0.717) is 5.16 Å². The zero-order valence-corrected chi connectivity index (χ0v) is 16.1. The molecule has 8 heteroatoms. The Morgan fingerprint density at radius 3 is 2.65 bits per heavy atom. The van der Waals surface area contributed by atoms with E-state index in [9.17, 15) is 4.79 Å². The second kappa shape index (κ2) is 8.29. The quantitative estimate of drug-likeness (QED) is 0.499. The largest absolute Gasteiger partial charge is 0.336 e. The monoisotopic (exact) mass is 385 g/mol. The van der Waals surface area contributed by atoms with Gasteiger partial charge in [0, 0.05) is 15.5 Å². The van der Waals surface area contributed by atoms with Gasteiger partial charge in [-0.1, -0.05) is 35.7 Å². The summed E-state index contributed by atoms with van der Waals surface area (Å²) >= 11 is 2.95. The van der Waals surface area contributed by atoms with Gasteiger partial charge in [0.25, 0.3) is 0 Å². The SMILES string of the molecule is Cc1ccc(C)c(Sc2ccc(NC(=O)CSc3nncn3N)cc2)c1. The van der Waals surface area contributed by atoms with E-state index >= 15 is 0 Å². The third-order valence-electron chi connectivity index (χ3n) is 3.58. The molecule has 0 aliphatic heterocycles. The van der Waals surface area contributed by atoms with Gasteiger partial charge in [0.05, 0.1) is 5.75 Å². The lowest BCUT2D eigenvalue weighted by Crippen LogP contribution is -2.15. The average molecular weight is 386 g/mol. The highest BCUT2D eigenvalue weighted by atomic mass is 32.2. The van der Waals surface area contributed by atoms with E-state index in [1.54, 1.807) is 11.8 Å². The number of carbonyl (C=O) groups is 1. The molecule has 0 unspecified atom stereocenters. The van der Waals surface area contributed by atoms with E-state index in [0.717, 1.165) is 10.6 Å². The van der Waals surface area contributed by atoms with Crippen LogP contribution in [-0.4, -0.2) is 26.5 Å². The molecule has 0 saturated carbocycles. The van der Waals surface area contributed by atoms with Crippen molar-refractivity contribution in [1.29, 1.82) is 0 Å². The molecular weight excluding hydrogens is 366 g/mol. The maximum Gasteiger partial charge on any atom is 0.234 e. The number of benzene rings is 2. The van der Waals surface area contributed by atoms with Gasteiger partial charge in [0.15, 0.2) is 0 Å². The Hall–Kier alpha value is -2.45. The van der Waals surface area contributed by atoms with Crippen LogP contribution in [0.4, 0.5) is 5.69 Å². The summed E-state index contributed by atoms with van der Waals surface area (Å²) in [5.41, 5.74) is 3.26. The fourth-order valence-electron chi connectivity index (χ4n) is 2.21. The molecule has 6 nitrogen and oxygen atoms in total. The van der Waals surface area contributed by atoms with Gasteiger partial charge in [-0.25, -0.2) is 4.68 Å². The normalized spacial score (nSPS) is 10.7. The standard InChI is InChI=1S/C18H19N5OS2/c1-12-3-4-13(2)16(9-12)26-15-7-5-14(6-8-15)21-17(24)10-25-18-22-20-11-23(18)19/h3-9,11H,10,19H2,1-2H3,(H,21,24). The van der Waals surface area contributed by atoms with Crippen molar-refractivity contribution >= 4 is 35.1 Å². The molecule has 0 spiro atoms. The highest BCUT2D eigenvalue weighted by molar-refractivity contribution is 7.99. The molecule has 0 fully saturated rings. The smallest absolute Gasteiger partial charge is 0.234 e. The topological polar surface area (TPSA) is 85.8 Å². The molecule has 2 aromatic carbocycles. The predicted octanol–water partition coefficient (Wildman–Crippen LogP) is 3.49. The molecule has 0 radical (unpaired) electrons. The fraction of sp³-hybridized carbons (Fsp3) is 0.167. The number of nitrogens with one attached hydrogen (secondary N) is 1. The first kappa shape index (κ1) is 18.3. The van der Waals surface area contributed by atoms with Crippen molar-refractivity contribution in [3.8, 4) is 0 Å². The number of aryl methyl sites for hydroxylation is 2. The number of thioether (sulfide) groups is 1. The predicted molar refractivity (Wildman–Crippen MR) is 106 cm³/mol. The lowest BCUT2D eigenvalue weighted by atomic mass is 10.2. The summed E-state index contributed by atoms with van der Waals surface area (Å²) < 4.78 is 1.29. The van der Waals surface area contributed by atoms with E-state index in [4.69, 9.17) is 5.84 Å². The Labute approximate surface area is 160 Å². The van der Waals surface area contributed by atoms with Crippen molar-refractivity contribution in [2.45, 2.75) is 28.8 Å². The van der Waals surface area contributed by atoms with E-state index in [2.05, 4.69) is 47.6 Å². The number of anilines is 1. The van der Waals surface area contributed by atoms with Gasteiger partial charge in [0.2, 0.25) is 11.1 Å². The summed E-state index contributed by atoms with van der Waals surface area (Å²) in [5, 5.41) is 10.9. The van der Waals surface area contributed by atoms with Crippen LogP contribution in [-0.2, 0) is 4.79 Å². The van der Waals surface area contributed by atoms with Gasteiger partial charge >= 0.3 is 0 Å². The van der Waals surface area contributed by atoms with E-state index in [1.807, 2.05) is 24.3 Å². The zero-order valence-electron chi connectivity index (χ0n) is 14.5. The van der Waals surface area contributed by atoms with Crippen LogP contribution in [0, 0.1) is 13.8 Å². The minimum Gasteiger partial charge on any atom is -0.336 e. The minimum atomic E-state index is -0.118. The van der Waals surface area contributed by atoms with Gasteiger partial charge in [-0.3, -0.25) is 4.79 Å². The summed E-state index contributed by atoms with van der Waals surface area (Å²) in [5.74, 6) is 5.72. The summed E-state index contributed by atoms with van der Waals surface area (Å²) in [4.78, 5) is 14.4. The molecule has 3 rings (SSSR count). The molecular formula is C18H19N5OS2. The van der Waals surface area contributed by atoms with Gasteiger partial charge in [-0.05, 0) is 55.3 Å². The lowest BCUT2D eigenvalue weighted by molar-refractivity contribution is -0.113. The van der Waals surface area contributed by atoms with Crippen LogP contribution in [0.1, 0.15) is 11.1 Å². The van der Waals surface area contributed by atoms with Crippen LogP contribution in [0.15, 0.2) is 63.7 Å². The molecule has 0 bridgehead atoms. The zero-order chi connectivity index (χ0) is 18.5. The van der Waals surface area contributed by atoms with Crippen LogP contribution in [0.2, 0.25) is 0 Å². The number of aromatic nitrogens is 3. The molecule has 3 N–H and O–H groups in total. The first-order chi connectivity index (χ1) is 12.5. The van der Waals surface area contributed by atoms with E-state index in [-0.39, 0.29) is 11.7 Å². The van der Waals surface area contributed by atoms with Crippen molar-refractivity contribution in [2.24, 2.45) is 0 Å². The lowest BCUT2D eigenvalue weighted by Gasteiger charge is -2.08. The third kappa shape index (κ3) is 4.80. The van der Waals surface area contributed by atoms with Gasteiger partial charge < -0.3 is 11.2 Å². The summed E-state index contributed by atoms with van der Waals surface area (Å²) in [7, 11) is 0. The molecule has 1 aromatic heterocycles. The van der Waals surface area contributed by atoms with Crippen molar-refractivity contribution in [3.05, 3.63) is 59.9 Å². The van der Waals surface area contributed by atoms with Crippen molar-refractivity contribution in [2.75, 3.05) is 16.9 Å². The van der Waals surface area contributed by atoms with Crippen LogP contribution in [0.5, 0.6) is 0 Å². The Bertz CT molecular complexity index is 908. The number of nitrogens with two attached hydrogens (primary N) is 1. The number of hydrogen-bond acceptors (Lipinski definition) is 6. The van der Waals surface area contributed by atoms with Gasteiger partial charge in [0.1, 0.15) is 6.33 Å². The Morgan fingerprint density at radius 1 is 1.19 bits per heavy atom. The minimum absolute atomic E-state index is 0.118. The van der Waals surface area contributed by atoms with Crippen LogP contribution < -0.4 is 11.2 Å². The van der Waals surface area contributed by atoms with Gasteiger partial charge in [-0.15, -0.1) is 10.2 Å². The third-order valence-corrected chi connectivity index (χ3v) is 5.71. The first-order valence-electron chi connectivity index (χ1n) is 7.94. The number of rotatable bonds is 6. The Kier molecular flexibility index (Phi) is 5.85. The van der Waals surface area contributed by atoms with Crippen LogP contribution in [0.25, 0.3) is 0 Å². The molecule has 134 valence electrons.